The molecule has 0 bridgehead atoms. The number of carbonyl (C=O) groups excluding carboxylic acids is 1. The fourth-order valence-corrected chi connectivity index (χ4v) is 3.22. The Kier molecular flexibility index (Phi) is 4.80. The van der Waals surface area contributed by atoms with E-state index in [1.807, 2.05) is 60.7 Å². The van der Waals surface area contributed by atoms with Crippen molar-refractivity contribution in [2.45, 2.75) is 6.54 Å². The van der Waals surface area contributed by atoms with Crippen LogP contribution < -0.4 is 10.2 Å². The lowest BCUT2D eigenvalue weighted by atomic mass is 10.1. The molecule has 1 aliphatic heterocycles. The fourth-order valence-electron chi connectivity index (χ4n) is 3.22. The number of hydrogen-bond donors (Lipinski definition) is 1. The van der Waals surface area contributed by atoms with Crippen LogP contribution in [0.1, 0.15) is 16.1 Å². The number of para-hydroxylation sites is 2. The highest BCUT2D eigenvalue weighted by atomic mass is 16.5. The quantitative estimate of drug-likeness (QED) is 0.788. The molecule has 26 heavy (non-hydrogen) atoms. The number of morpholine rings is 1. The standard InChI is InChI=1S/C21H21N3O2/c25-21(18-6-2-4-8-20(18)24-11-13-26-14-12-24)22-15-17-10-9-16-5-1-3-7-19(16)23-17/h1-10H,11-15H2,(H,22,25). The number of ether oxygens (including phenoxy) is 1. The van der Waals surface area contributed by atoms with Crippen molar-refractivity contribution in [3.8, 4) is 0 Å². The molecule has 1 N–H and O–H groups in total. The molecular weight excluding hydrogens is 326 g/mol. The second-order valence-electron chi connectivity index (χ2n) is 6.29. The molecule has 1 saturated heterocycles. The van der Waals surface area contributed by atoms with E-state index < -0.39 is 0 Å². The van der Waals surface area contributed by atoms with E-state index in [-0.39, 0.29) is 5.91 Å². The number of hydrogen-bond acceptors (Lipinski definition) is 4. The van der Waals surface area contributed by atoms with Gasteiger partial charge in [-0.15, -0.1) is 0 Å². The SMILES string of the molecule is O=C(NCc1ccc2ccccc2n1)c1ccccc1N1CCOCC1. The molecular formula is C21H21N3O2. The molecule has 0 radical (unpaired) electrons. The van der Waals surface area contributed by atoms with Crippen LogP contribution in [0.5, 0.6) is 0 Å². The van der Waals surface area contributed by atoms with Crippen molar-refractivity contribution in [3.63, 3.8) is 0 Å². The molecule has 5 heteroatoms. The van der Waals surface area contributed by atoms with Gasteiger partial charge in [-0.3, -0.25) is 9.78 Å². The second kappa shape index (κ2) is 7.54. The summed E-state index contributed by atoms with van der Waals surface area (Å²) in [7, 11) is 0. The van der Waals surface area contributed by atoms with Crippen molar-refractivity contribution in [1.29, 1.82) is 0 Å². The third-order valence-electron chi connectivity index (χ3n) is 4.59. The molecule has 1 amide bonds. The number of anilines is 1. The number of rotatable bonds is 4. The zero-order valence-corrected chi connectivity index (χ0v) is 14.5. The van der Waals surface area contributed by atoms with Gasteiger partial charge in [0.15, 0.2) is 0 Å². The molecule has 3 aromatic rings. The molecule has 1 aromatic heterocycles. The zero-order chi connectivity index (χ0) is 17.8. The Morgan fingerprint density at radius 2 is 1.77 bits per heavy atom. The molecule has 0 unspecified atom stereocenters. The summed E-state index contributed by atoms with van der Waals surface area (Å²) in [6.45, 7) is 3.39. The first-order chi connectivity index (χ1) is 12.8. The molecule has 4 rings (SSSR count). The number of nitrogens with zero attached hydrogens (tertiary/aromatic N) is 2. The van der Waals surface area contributed by atoms with Crippen molar-refractivity contribution >= 4 is 22.5 Å². The molecule has 5 nitrogen and oxygen atoms in total. The molecule has 2 aromatic carbocycles. The average Bonchev–Trinajstić information content (AvgIpc) is 2.72. The maximum atomic E-state index is 12.7. The highest BCUT2D eigenvalue weighted by Gasteiger charge is 2.18. The van der Waals surface area contributed by atoms with Gasteiger partial charge in [0.1, 0.15) is 0 Å². The summed E-state index contributed by atoms with van der Waals surface area (Å²) in [5.74, 6) is -0.0814. The van der Waals surface area contributed by atoms with Crippen molar-refractivity contribution in [3.05, 3.63) is 71.9 Å². The lowest BCUT2D eigenvalue weighted by molar-refractivity contribution is 0.0949. The molecule has 1 aliphatic rings. The Hall–Kier alpha value is -2.92. The van der Waals surface area contributed by atoms with Crippen LogP contribution in [-0.4, -0.2) is 37.2 Å². The summed E-state index contributed by atoms with van der Waals surface area (Å²) >= 11 is 0. The molecule has 0 spiro atoms. The van der Waals surface area contributed by atoms with E-state index in [4.69, 9.17) is 4.74 Å². The number of amides is 1. The topological polar surface area (TPSA) is 54.5 Å². The summed E-state index contributed by atoms with van der Waals surface area (Å²) in [6, 6.07) is 19.7. The van der Waals surface area contributed by atoms with Gasteiger partial charge in [-0.2, -0.15) is 0 Å². The molecule has 0 aliphatic carbocycles. The van der Waals surface area contributed by atoms with E-state index in [2.05, 4.69) is 15.2 Å². The van der Waals surface area contributed by atoms with Crippen LogP contribution in [0, 0.1) is 0 Å². The van der Waals surface area contributed by atoms with Gasteiger partial charge in [0.25, 0.3) is 5.91 Å². The molecule has 2 heterocycles. The van der Waals surface area contributed by atoms with Gasteiger partial charge < -0.3 is 15.0 Å². The summed E-state index contributed by atoms with van der Waals surface area (Å²) in [4.78, 5) is 19.6. The number of carbonyl (C=O) groups is 1. The third-order valence-corrected chi connectivity index (χ3v) is 4.59. The maximum Gasteiger partial charge on any atom is 0.253 e. The molecule has 132 valence electrons. The lowest BCUT2D eigenvalue weighted by Gasteiger charge is -2.30. The average molecular weight is 347 g/mol. The molecule has 1 fully saturated rings. The predicted molar refractivity (Wildman–Crippen MR) is 102 cm³/mol. The number of fused-ring (bicyclic) bond motifs is 1. The summed E-state index contributed by atoms with van der Waals surface area (Å²) in [5, 5.41) is 4.10. The van der Waals surface area contributed by atoms with E-state index in [0.717, 1.165) is 35.4 Å². The van der Waals surface area contributed by atoms with Crippen LogP contribution in [0.4, 0.5) is 5.69 Å². The van der Waals surface area contributed by atoms with Gasteiger partial charge in [-0.25, -0.2) is 0 Å². The minimum absolute atomic E-state index is 0.0814. The third kappa shape index (κ3) is 3.53. The Morgan fingerprint density at radius 3 is 2.65 bits per heavy atom. The van der Waals surface area contributed by atoms with Gasteiger partial charge in [0.05, 0.1) is 36.5 Å². The van der Waals surface area contributed by atoms with Crippen molar-refractivity contribution < 1.29 is 9.53 Å². The van der Waals surface area contributed by atoms with Crippen molar-refractivity contribution in [2.24, 2.45) is 0 Å². The first-order valence-electron chi connectivity index (χ1n) is 8.86. The van der Waals surface area contributed by atoms with Crippen molar-refractivity contribution in [2.75, 3.05) is 31.2 Å². The van der Waals surface area contributed by atoms with Crippen LogP contribution in [0.2, 0.25) is 0 Å². The van der Waals surface area contributed by atoms with Gasteiger partial charge in [0, 0.05) is 24.2 Å². The van der Waals surface area contributed by atoms with Gasteiger partial charge >= 0.3 is 0 Å². The first kappa shape index (κ1) is 16.5. The second-order valence-corrected chi connectivity index (χ2v) is 6.29. The van der Waals surface area contributed by atoms with E-state index in [1.165, 1.54) is 0 Å². The van der Waals surface area contributed by atoms with Crippen LogP contribution in [-0.2, 0) is 11.3 Å². The number of pyridine rings is 1. The van der Waals surface area contributed by atoms with E-state index in [9.17, 15) is 4.79 Å². The summed E-state index contributed by atoms with van der Waals surface area (Å²) in [5.41, 5.74) is 3.43. The number of aromatic nitrogens is 1. The lowest BCUT2D eigenvalue weighted by Crippen LogP contribution is -2.37. The summed E-state index contributed by atoms with van der Waals surface area (Å²) in [6.07, 6.45) is 0. The van der Waals surface area contributed by atoms with E-state index in [1.54, 1.807) is 0 Å². The Morgan fingerprint density at radius 1 is 1.00 bits per heavy atom. The van der Waals surface area contributed by atoms with Gasteiger partial charge in [0.2, 0.25) is 0 Å². The minimum Gasteiger partial charge on any atom is -0.378 e. The first-order valence-corrected chi connectivity index (χ1v) is 8.86. The molecule has 0 saturated carbocycles. The normalized spacial score (nSPS) is 14.4. The molecule has 0 atom stereocenters. The van der Waals surface area contributed by atoms with Crippen LogP contribution in [0.15, 0.2) is 60.7 Å². The van der Waals surface area contributed by atoms with Crippen LogP contribution >= 0.6 is 0 Å². The van der Waals surface area contributed by atoms with Crippen molar-refractivity contribution in [1.82, 2.24) is 10.3 Å². The Bertz CT molecular complexity index is 920. The highest BCUT2D eigenvalue weighted by molar-refractivity contribution is 5.99. The fraction of sp³-hybridized carbons (Fsp3) is 0.238. The number of nitrogens with one attached hydrogen (secondary N) is 1. The smallest absolute Gasteiger partial charge is 0.253 e. The Labute approximate surface area is 152 Å². The van der Waals surface area contributed by atoms with Crippen LogP contribution in [0.25, 0.3) is 10.9 Å². The predicted octanol–water partition coefficient (Wildman–Crippen LogP) is 3.00. The van der Waals surface area contributed by atoms with E-state index >= 15 is 0 Å². The zero-order valence-electron chi connectivity index (χ0n) is 14.5. The van der Waals surface area contributed by atoms with Crippen LogP contribution in [0.3, 0.4) is 0 Å². The maximum absolute atomic E-state index is 12.7. The van der Waals surface area contributed by atoms with Gasteiger partial charge in [-0.05, 0) is 24.3 Å². The van der Waals surface area contributed by atoms with Gasteiger partial charge in [-0.1, -0.05) is 36.4 Å². The summed E-state index contributed by atoms with van der Waals surface area (Å²) < 4.78 is 5.41. The minimum atomic E-state index is -0.0814. The van der Waals surface area contributed by atoms with E-state index in [0.29, 0.717) is 25.3 Å². The Balaban J connectivity index is 1.49. The largest absolute Gasteiger partial charge is 0.378 e. The monoisotopic (exact) mass is 347 g/mol. The number of benzene rings is 2. The highest BCUT2D eigenvalue weighted by Crippen LogP contribution is 2.21.